The van der Waals surface area contributed by atoms with Gasteiger partial charge in [0.05, 0.1) is 11.1 Å². The fourth-order valence-corrected chi connectivity index (χ4v) is 1.75. The maximum atomic E-state index is 12.2. The molecule has 0 unspecified atom stereocenters. The summed E-state index contributed by atoms with van der Waals surface area (Å²) in [4.78, 5) is 23.3. The largest absolute Gasteiger partial charge is 0.507 e. The molecule has 20 heavy (non-hydrogen) atoms. The first kappa shape index (κ1) is 15.2. The Bertz CT molecular complexity index is 670. The number of hydrogen-bond acceptors (Lipinski definition) is 4. The number of aromatic hydroxyl groups is 1. The third-order valence-corrected chi connectivity index (χ3v) is 2.67. The molecule has 0 saturated carbocycles. The van der Waals surface area contributed by atoms with Gasteiger partial charge >= 0.3 is 5.97 Å². The van der Waals surface area contributed by atoms with Crippen molar-refractivity contribution in [1.29, 1.82) is 0 Å². The summed E-state index contributed by atoms with van der Waals surface area (Å²) >= 11 is 0. The zero-order valence-electron chi connectivity index (χ0n) is 10.2. The molecule has 5 nitrogen and oxygen atoms in total. The molecule has 0 amide bonds. The molecule has 2 aromatic carbocycles. The molecular formula is C14H12FNO4. The lowest BCUT2D eigenvalue weighted by atomic mass is 9.97. The summed E-state index contributed by atoms with van der Waals surface area (Å²) in [5.41, 5.74) is 5.73. The maximum absolute atomic E-state index is 12.2. The van der Waals surface area contributed by atoms with Crippen LogP contribution in [0.4, 0.5) is 10.4 Å². The summed E-state index contributed by atoms with van der Waals surface area (Å²) < 4.78 is 0. The molecule has 0 radical (unpaired) electrons. The molecule has 0 bridgehead atoms. The molecule has 2 aromatic rings. The van der Waals surface area contributed by atoms with Crippen LogP contribution in [-0.2, 0) is 0 Å². The lowest BCUT2D eigenvalue weighted by Crippen LogP contribution is -2.09. The van der Waals surface area contributed by atoms with Crippen molar-refractivity contribution in [2.45, 2.75) is 0 Å². The van der Waals surface area contributed by atoms with E-state index >= 15 is 0 Å². The molecule has 0 aliphatic heterocycles. The molecule has 0 aliphatic rings. The van der Waals surface area contributed by atoms with Crippen LogP contribution in [0.25, 0.3) is 0 Å². The van der Waals surface area contributed by atoms with E-state index in [-0.39, 0.29) is 27.1 Å². The van der Waals surface area contributed by atoms with Gasteiger partial charge in [-0.05, 0) is 18.2 Å². The van der Waals surface area contributed by atoms with Crippen LogP contribution in [0.15, 0.2) is 42.5 Å². The van der Waals surface area contributed by atoms with Crippen LogP contribution < -0.4 is 5.73 Å². The summed E-state index contributed by atoms with van der Waals surface area (Å²) in [5, 5.41) is 18.7. The van der Waals surface area contributed by atoms with E-state index in [0.29, 0.717) is 5.69 Å². The number of anilines is 1. The minimum absolute atomic E-state index is 0. The van der Waals surface area contributed by atoms with E-state index in [1.165, 1.54) is 36.4 Å². The van der Waals surface area contributed by atoms with E-state index in [1.807, 2.05) is 0 Å². The molecule has 0 saturated heterocycles. The van der Waals surface area contributed by atoms with Gasteiger partial charge in [0, 0.05) is 17.3 Å². The maximum Gasteiger partial charge on any atom is 0.336 e. The van der Waals surface area contributed by atoms with Crippen LogP contribution in [0.3, 0.4) is 0 Å². The van der Waals surface area contributed by atoms with Crippen LogP contribution in [0.2, 0.25) is 0 Å². The zero-order valence-corrected chi connectivity index (χ0v) is 10.2. The van der Waals surface area contributed by atoms with Gasteiger partial charge in [0.15, 0.2) is 5.78 Å². The van der Waals surface area contributed by atoms with Crippen LogP contribution in [0, 0.1) is 0 Å². The van der Waals surface area contributed by atoms with Crippen molar-refractivity contribution >= 4 is 17.4 Å². The number of carbonyl (C=O) groups is 2. The van der Waals surface area contributed by atoms with Crippen molar-refractivity contribution in [2.75, 3.05) is 5.73 Å². The molecule has 0 fully saturated rings. The van der Waals surface area contributed by atoms with Gasteiger partial charge in [-0.15, -0.1) is 0 Å². The van der Waals surface area contributed by atoms with Gasteiger partial charge in [0.1, 0.15) is 5.75 Å². The van der Waals surface area contributed by atoms with E-state index in [0.717, 1.165) is 0 Å². The molecule has 0 aliphatic carbocycles. The van der Waals surface area contributed by atoms with Crippen molar-refractivity contribution in [3.05, 3.63) is 59.2 Å². The highest BCUT2D eigenvalue weighted by Gasteiger charge is 2.19. The number of phenols is 1. The summed E-state index contributed by atoms with van der Waals surface area (Å²) in [7, 11) is 0. The van der Waals surface area contributed by atoms with E-state index in [4.69, 9.17) is 10.8 Å². The Morgan fingerprint density at radius 3 is 2.10 bits per heavy atom. The van der Waals surface area contributed by atoms with Gasteiger partial charge in [-0.3, -0.25) is 9.50 Å². The number of carboxylic acid groups (broad SMARTS) is 1. The van der Waals surface area contributed by atoms with E-state index < -0.39 is 11.8 Å². The quantitative estimate of drug-likeness (QED) is 0.589. The highest BCUT2D eigenvalue weighted by atomic mass is 19.0. The summed E-state index contributed by atoms with van der Waals surface area (Å²) in [5.74, 6) is -2.03. The number of ketones is 1. The average molecular weight is 277 g/mol. The van der Waals surface area contributed by atoms with Crippen molar-refractivity contribution in [3.63, 3.8) is 0 Å². The first-order chi connectivity index (χ1) is 9.00. The zero-order chi connectivity index (χ0) is 14.0. The number of benzene rings is 2. The van der Waals surface area contributed by atoms with Gasteiger partial charge in [0.2, 0.25) is 0 Å². The average Bonchev–Trinajstić information content (AvgIpc) is 2.38. The van der Waals surface area contributed by atoms with E-state index in [9.17, 15) is 14.7 Å². The second kappa shape index (κ2) is 5.83. The van der Waals surface area contributed by atoms with E-state index in [2.05, 4.69) is 0 Å². The third-order valence-electron chi connectivity index (χ3n) is 2.67. The van der Waals surface area contributed by atoms with E-state index in [1.54, 1.807) is 6.07 Å². The van der Waals surface area contributed by atoms with Gasteiger partial charge < -0.3 is 15.9 Å². The SMILES string of the molecule is F.Nc1ccc(C(=O)c2ccccc2C(=O)O)c(O)c1. The van der Waals surface area contributed by atoms with Gasteiger partial charge in [-0.25, -0.2) is 4.79 Å². The number of aromatic carboxylic acids is 1. The van der Waals surface area contributed by atoms with Gasteiger partial charge in [-0.2, -0.15) is 0 Å². The highest BCUT2D eigenvalue weighted by molar-refractivity contribution is 6.15. The fraction of sp³-hybridized carbons (Fsp3) is 0. The number of carboxylic acids is 1. The Hall–Kier alpha value is -2.89. The molecule has 2 rings (SSSR count). The topological polar surface area (TPSA) is 101 Å². The summed E-state index contributed by atoms with van der Waals surface area (Å²) in [6, 6.07) is 9.92. The molecular weight excluding hydrogens is 265 g/mol. The number of halogens is 1. The Balaban J connectivity index is 0.00000200. The Labute approximate surface area is 113 Å². The number of carbonyl (C=O) groups excluding carboxylic acids is 1. The van der Waals surface area contributed by atoms with Crippen LogP contribution in [0.5, 0.6) is 5.75 Å². The smallest absolute Gasteiger partial charge is 0.336 e. The third kappa shape index (κ3) is 2.74. The number of rotatable bonds is 3. The lowest BCUT2D eigenvalue weighted by Gasteiger charge is -2.07. The predicted molar refractivity (Wildman–Crippen MR) is 71.9 cm³/mol. The minimum Gasteiger partial charge on any atom is -0.507 e. The summed E-state index contributed by atoms with van der Waals surface area (Å²) in [6.07, 6.45) is 0. The van der Waals surface area contributed by atoms with Crippen molar-refractivity contribution in [1.82, 2.24) is 0 Å². The van der Waals surface area contributed by atoms with Crippen molar-refractivity contribution < 1.29 is 24.5 Å². The Kier molecular flexibility index (Phi) is 4.42. The minimum atomic E-state index is -1.20. The first-order valence-corrected chi connectivity index (χ1v) is 5.46. The van der Waals surface area contributed by atoms with Crippen LogP contribution >= 0.6 is 0 Å². The van der Waals surface area contributed by atoms with Gasteiger partial charge in [-0.1, -0.05) is 18.2 Å². The second-order valence-electron chi connectivity index (χ2n) is 3.96. The Morgan fingerprint density at radius 2 is 1.55 bits per heavy atom. The molecule has 104 valence electrons. The van der Waals surface area contributed by atoms with Crippen LogP contribution in [-0.4, -0.2) is 22.0 Å². The molecule has 4 N–H and O–H groups in total. The standard InChI is InChI=1S/C14H11NO4.FH/c15-8-5-6-11(12(16)7-8)13(17)9-3-1-2-4-10(9)14(18)19;/h1-7,16H,15H2,(H,18,19);1H. The highest BCUT2D eigenvalue weighted by Crippen LogP contribution is 2.24. The number of hydrogen-bond donors (Lipinski definition) is 3. The molecule has 6 heteroatoms. The first-order valence-electron chi connectivity index (χ1n) is 5.46. The monoisotopic (exact) mass is 277 g/mol. The molecule has 0 aromatic heterocycles. The fourth-order valence-electron chi connectivity index (χ4n) is 1.75. The van der Waals surface area contributed by atoms with Crippen LogP contribution in [0.1, 0.15) is 26.3 Å². The lowest BCUT2D eigenvalue weighted by molar-refractivity contribution is 0.0692. The summed E-state index contributed by atoms with van der Waals surface area (Å²) in [6.45, 7) is 0. The number of phenolic OH excluding ortho intramolecular Hbond substituents is 1. The van der Waals surface area contributed by atoms with Crippen molar-refractivity contribution in [3.8, 4) is 5.75 Å². The molecule has 0 heterocycles. The number of nitrogen functional groups attached to an aromatic ring is 1. The van der Waals surface area contributed by atoms with Crippen molar-refractivity contribution in [2.24, 2.45) is 0 Å². The van der Waals surface area contributed by atoms with Gasteiger partial charge in [0.25, 0.3) is 0 Å². The predicted octanol–water partition coefficient (Wildman–Crippen LogP) is 2.06. The molecule has 0 spiro atoms. The Morgan fingerprint density at radius 1 is 0.950 bits per heavy atom. The second-order valence-corrected chi connectivity index (χ2v) is 3.96. The number of nitrogens with two attached hydrogens (primary N) is 1. The normalized spacial score (nSPS) is 9.60. The molecule has 0 atom stereocenters.